The molecule has 1 fully saturated rings. The van der Waals surface area contributed by atoms with Crippen LogP contribution >= 0.6 is 11.6 Å². The lowest BCUT2D eigenvalue weighted by Gasteiger charge is -2.44. The predicted octanol–water partition coefficient (Wildman–Crippen LogP) is 6.06. The molecule has 1 amide bonds. The molecule has 2 aromatic rings. The average molecular weight is 617 g/mol. The number of amides is 1. The molecule has 5 rings (SSSR count). The Labute approximate surface area is 253 Å². The number of hydrogen-bond donors (Lipinski definition) is 2. The number of nitrogens with zero attached hydrogens (tertiary/aromatic N) is 1. The monoisotopic (exact) mass is 616 g/mol. The molecule has 3 aliphatic rings. The molecule has 0 radical (unpaired) electrons. The van der Waals surface area contributed by atoms with Crippen molar-refractivity contribution >= 4 is 39.2 Å². The highest BCUT2D eigenvalue weighted by Gasteiger charge is 2.41. The SMILES string of the molecule is CC1CCC[C@H](C(=O)O)C2CCC2CN2CCCCc3cc(Cl)ccc3COc3ccc(cc32)C(=O)NS(=O)(=O)C1C. The summed E-state index contributed by atoms with van der Waals surface area (Å²) < 4.78 is 35.0. The summed E-state index contributed by atoms with van der Waals surface area (Å²) in [4.78, 5) is 27.9. The summed E-state index contributed by atoms with van der Waals surface area (Å²) in [5.41, 5.74) is 3.17. The topological polar surface area (TPSA) is 113 Å². The van der Waals surface area contributed by atoms with E-state index < -0.39 is 33.1 Å². The number of aryl methyl sites for hydroxylation is 1. The Morgan fingerprint density at radius 2 is 1.83 bits per heavy atom. The third-order valence-corrected chi connectivity index (χ3v) is 11.9. The lowest BCUT2D eigenvalue weighted by atomic mass is 9.65. The van der Waals surface area contributed by atoms with E-state index in [0.29, 0.717) is 49.7 Å². The first-order valence-corrected chi connectivity index (χ1v) is 17.0. The van der Waals surface area contributed by atoms with Crippen LogP contribution < -0.4 is 14.4 Å². The second-order valence-electron chi connectivity index (χ2n) is 12.3. The van der Waals surface area contributed by atoms with Gasteiger partial charge in [0.15, 0.2) is 0 Å². The number of anilines is 1. The molecular weight excluding hydrogens is 576 g/mol. The molecule has 1 aliphatic carbocycles. The van der Waals surface area contributed by atoms with Crippen molar-refractivity contribution in [1.82, 2.24) is 4.72 Å². The van der Waals surface area contributed by atoms with Crippen LogP contribution in [0.15, 0.2) is 36.4 Å². The minimum absolute atomic E-state index is 0.0623. The first kappa shape index (κ1) is 30.7. The standard InChI is InChI=1S/C32H41ClN2O6S/c1-20-6-5-8-28(32(37)38)27-13-10-24(27)18-35-15-4-3-7-22-16-26(33)12-9-25(22)19-41-30-14-11-23(17-29(30)35)31(36)34-42(39,40)21(20)2/h9,11-12,14,16-17,20-21,24,27-28H,3-8,10,13,15,18-19H2,1-2H3,(H,34,36)(H,37,38)/t20?,21?,24?,27?,28-/m0/s1. The molecule has 1 saturated carbocycles. The van der Waals surface area contributed by atoms with E-state index in [0.717, 1.165) is 48.9 Å². The van der Waals surface area contributed by atoms with Gasteiger partial charge in [-0.15, -0.1) is 0 Å². The van der Waals surface area contributed by atoms with E-state index >= 15 is 0 Å². The van der Waals surface area contributed by atoms with Crippen LogP contribution in [-0.4, -0.2) is 43.7 Å². The normalized spacial score (nSPS) is 28.5. The maximum Gasteiger partial charge on any atom is 0.306 e. The van der Waals surface area contributed by atoms with Crippen molar-refractivity contribution < 1.29 is 27.9 Å². The third-order valence-electron chi connectivity index (χ3n) is 9.70. The van der Waals surface area contributed by atoms with Gasteiger partial charge in [0.1, 0.15) is 12.4 Å². The van der Waals surface area contributed by atoms with Gasteiger partial charge in [0, 0.05) is 23.7 Å². The van der Waals surface area contributed by atoms with Gasteiger partial charge in [0.05, 0.1) is 16.9 Å². The van der Waals surface area contributed by atoms with Crippen LogP contribution in [0.4, 0.5) is 5.69 Å². The molecule has 4 unspecified atom stereocenters. The highest BCUT2D eigenvalue weighted by molar-refractivity contribution is 7.90. The van der Waals surface area contributed by atoms with Crippen LogP contribution in [0.3, 0.4) is 0 Å². The maximum atomic E-state index is 13.3. The third kappa shape index (κ3) is 6.72. The maximum absolute atomic E-state index is 13.3. The summed E-state index contributed by atoms with van der Waals surface area (Å²) in [5, 5.41) is 10.1. The Morgan fingerprint density at radius 3 is 2.57 bits per heavy atom. The Hall–Kier alpha value is -2.78. The Kier molecular flexibility index (Phi) is 9.38. The van der Waals surface area contributed by atoms with Gasteiger partial charge >= 0.3 is 5.97 Å². The van der Waals surface area contributed by atoms with Crippen molar-refractivity contribution in [2.45, 2.75) is 77.1 Å². The number of fused-ring (bicyclic) bond motifs is 3. The van der Waals surface area contributed by atoms with Crippen LogP contribution in [0.2, 0.25) is 5.02 Å². The van der Waals surface area contributed by atoms with Gasteiger partial charge in [0.2, 0.25) is 10.0 Å². The largest absolute Gasteiger partial charge is 0.487 e. The van der Waals surface area contributed by atoms with E-state index in [1.165, 1.54) is 0 Å². The number of nitrogens with one attached hydrogen (secondary N) is 1. The molecule has 0 spiro atoms. The number of aliphatic carboxylic acids is 1. The van der Waals surface area contributed by atoms with Gasteiger partial charge in [-0.05, 0) is 111 Å². The Bertz CT molecular complexity index is 1430. The van der Waals surface area contributed by atoms with Crippen molar-refractivity contribution in [3.8, 4) is 5.75 Å². The first-order valence-electron chi connectivity index (χ1n) is 15.1. The molecule has 8 nitrogen and oxygen atoms in total. The molecule has 0 saturated heterocycles. The molecule has 2 bridgehead atoms. The highest BCUT2D eigenvalue weighted by Crippen LogP contribution is 2.44. The smallest absolute Gasteiger partial charge is 0.306 e. The number of carboxylic acid groups (broad SMARTS) is 1. The highest BCUT2D eigenvalue weighted by atomic mass is 35.5. The Morgan fingerprint density at radius 1 is 1.02 bits per heavy atom. The number of halogens is 1. The molecule has 0 aromatic heterocycles. The average Bonchev–Trinajstić information content (AvgIpc) is 2.96. The Balaban J connectivity index is 1.54. The minimum Gasteiger partial charge on any atom is -0.487 e. The number of ether oxygens (including phenoxy) is 1. The van der Waals surface area contributed by atoms with Crippen molar-refractivity contribution in [1.29, 1.82) is 0 Å². The molecule has 2 heterocycles. The quantitative estimate of drug-likeness (QED) is 0.401. The second kappa shape index (κ2) is 12.8. The van der Waals surface area contributed by atoms with Crippen molar-refractivity contribution in [2.24, 2.45) is 23.7 Å². The van der Waals surface area contributed by atoms with Gasteiger partial charge in [-0.2, -0.15) is 0 Å². The molecular formula is C32H41ClN2O6S. The molecule has 10 heteroatoms. The number of benzene rings is 2. The fraction of sp³-hybridized carbons (Fsp3) is 0.562. The van der Waals surface area contributed by atoms with Gasteiger partial charge in [-0.1, -0.05) is 31.0 Å². The zero-order valence-corrected chi connectivity index (χ0v) is 25.9. The summed E-state index contributed by atoms with van der Waals surface area (Å²) >= 11 is 6.30. The van der Waals surface area contributed by atoms with Crippen LogP contribution in [0.5, 0.6) is 5.75 Å². The summed E-state index contributed by atoms with van der Waals surface area (Å²) in [6.07, 6.45) is 6.22. The zero-order chi connectivity index (χ0) is 30.0. The van der Waals surface area contributed by atoms with Crippen LogP contribution in [-0.2, 0) is 27.8 Å². The fourth-order valence-corrected chi connectivity index (χ4v) is 8.22. The predicted molar refractivity (Wildman–Crippen MR) is 164 cm³/mol. The van der Waals surface area contributed by atoms with Crippen molar-refractivity contribution in [3.05, 3.63) is 58.1 Å². The lowest BCUT2D eigenvalue weighted by Crippen LogP contribution is -2.44. The van der Waals surface area contributed by atoms with E-state index in [-0.39, 0.29) is 23.3 Å². The van der Waals surface area contributed by atoms with E-state index in [1.807, 2.05) is 25.1 Å². The number of carbonyl (C=O) groups is 2. The van der Waals surface area contributed by atoms with Gasteiger partial charge in [0.25, 0.3) is 5.91 Å². The van der Waals surface area contributed by atoms with E-state index in [9.17, 15) is 23.1 Å². The van der Waals surface area contributed by atoms with E-state index in [2.05, 4.69) is 9.62 Å². The number of rotatable bonds is 1. The fourth-order valence-electron chi connectivity index (χ4n) is 6.72. The number of sulfonamides is 1. The molecule has 5 atom stereocenters. The molecule has 2 aliphatic heterocycles. The summed E-state index contributed by atoms with van der Waals surface area (Å²) in [5.74, 6) is -1.25. The molecule has 228 valence electrons. The number of carboxylic acids is 1. The van der Waals surface area contributed by atoms with Gasteiger partial charge < -0.3 is 14.7 Å². The summed E-state index contributed by atoms with van der Waals surface area (Å²) in [6.45, 7) is 5.14. The first-order chi connectivity index (χ1) is 20.0. The van der Waals surface area contributed by atoms with Crippen LogP contribution in [0.25, 0.3) is 0 Å². The molecule has 2 N–H and O–H groups in total. The number of hydrogen-bond acceptors (Lipinski definition) is 6. The van der Waals surface area contributed by atoms with Gasteiger partial charge in [-0.25, -0.2) is 13.1 Å². The molecule has 2 aromatic carbocycles. The lowest BCUT2D eigenvalue weighted by molar-refractivity contribution is -0.146. The zero-order valence-electron chi connectivity index (χ0n) is 24.4. The van der Waals surface area contributed by atoms with Crippen LogP contribution in [0.1, 0.15) is 80.3 Å². The minimum atomic E-state index is -3.95. The van der Waals surface area contributed by atoms with E-state index in [4.69, 9.17) is 16.3 Å². The van der Waals surface area contributed by atoms with Gasteiger partial charge in [-0.3, -0.25) is 9.59 Å². The number of carbonyl (C=O) groups excluding carboxylic acids is 1. The van der Waals surface area contributed by atoms with Crippen LogP contribution in [0, 0.1) is 23.7 Å². The summed E-state index contributed by atoms with van der Waals surface area (Å²) in [6, 6.07) is 10.9. The second-order valence-corrected chi connectivity index (χ2v) is 14.8. The molecule has 42 heavy (non-hydrogen) atoms. The summed E-state index contributed by atoms with van der Waals surface area (Å²) in [7, 11) is -3.95. The van der Waals surface area contributed by atoms with Crippen molar-refractivity contribution in [3.63, 3.8) is 0 Å². The van der Waals surface area contributed by atoms with Crippen molar-refractivity contribution in [2.75, 3.05) is 18.0 Å². The van der Waals surface area contributed by atoms with E-state index in [1.54, 1.807) is 25.1 Å².